The number of halogens is 1. The molecule has 0 aliphatic heterocycles. The normalized spacial score (nSPS) is 17.9. The number of benzene rings is 2. The van der Waals surface area contributed by atoms with E-state index in [4.69, 9.17) is 4.74 Å². The Kier molecular flexibility index (Phi) is 5.01. The van der Waals surface area contributed by atoms with Gasteiger partial charge in [-0.05, 0) is 55.5 Å². The van der Waals surface area contributed by atoms with Crippen molar-refractivity contribution < 1.29 is 9.53 Å². The van der Waals surface area contributed by atoms with Crippen molar-refractivity contribution in [3.05, 3.63) is 64.1 Å². The fourth-order valence-electron chi connectivity index (χ4n) is 2.99. The Labute approximate surface area is 145 Å². The van der Waals surface area contributed by atoms with E-state index in [-0.39, 0.29) is 11.9 Å². The Morgan fingerprint density at radius 3 is 2.91 bits per heavy atom. The summed E-state index contributed by atoms with van der Waals surface area (Å²) < 4.78 is 6.68. The number of hydrogen-bond donors (Lipinski definition) is 1. The second-order valence-corrected chi connectivity index (χ2v) is 6.79. The summed E-state index contributed by atoms with van der Waals surface area (Å²) in [6, 6.07) is 16.0. The number of hydrogen-bond acceptors (Lipinski definition) is 2. The molecule has 23 heavy (non-hydrogen) atoms. The van der Waals surface area contributed by atoms with Crippen molar-refractivity contribution in [1.82, 2.24) is 5.32 Å². The lowest BCUT2D eigenvalue weighted by atomic mass is 9.87. The lowest BCUT2D eigenvalue weighted by Gasteiger charge is -2.27. The van der Waals surface area contributed by atoms with E-state index in [9.17, 15) is 4.79 Å². The molecule has 3 nitrogen and oxygen atoms in total. The van der Waals surface area contributed by atoms with Crippen LogP contribution in [0.15, 0.2) is 53.0 Å². The van der Waals surface area contributed by atoms with Crippen molar-refractivity contribution in [3.8, 4) is 5.75 Å². The maximum atomic E-state index is 12.5. The molecule has 1 aliphatic rings. The molecule has 0 heterocycles. The molecule has 3 rings (SSSR count). The van der Waals surface area contributed by atoms with E-state index in [0.717, 1.165) is 23.7 Å². The molecule has 2 atom stereocenters. The molecule has 0 fully saturated rings. The van der Waals surface area contributed by atoms with Crippen molar-refractivity contribution in [2.75, 3.05) is 0 Å². The van der Waals surface area contributed by atoms with Crippen LogP contribution >= 0.6 is 15.9 Å². The maximum absolute atomic E-state index is 12.5. The predicted octanol–water partition coefficient (Wildman–Crippen LogP) is 4.41. The summed E-state index contributed by atoms with van der Waals surface area (Å²) in [5.41, 5.74) is 2.58. The van der Waals surface area contributed by atoms with Gasteiger partial charge < -0.3 is 10.1 Å². The average Bonchev–Trinajstić information content (AvgIpc) is 2.55. The van der Waals surface area contributed by atoms with Crippen molar-refractivity contribution in [3.63, 3.8) is 0 Å². The number of aryl methyl sites for hydroxylation is 1. The number of rotatable bonds is 4. The molecule has 0 spiro atoms. The first-order valence-electron chi connectivity index (χ1n) is 7.94. The molecular formula is C19H20BrNO2. The number of amides is 1. The first-order valence-corrected chi connectivity index (χ1v) is 8.73. The number of carbonyl (C=O) groups is 1. The van der Waals surface area contributed by atoms with E-state index in [1.807, 2.05) is 30.3 Å². The zero-order chi connectivity index (χ0) is 16.2. The molecule has 120 valence electrons. The first-order chi connectivity index (χ1) is 11.1. The Bertz CT molecular complexity index is 701. The molecular weight excluding hydrogens is 354 g/mol. The van der Waals surface area contributed by atoms with E-state index < -0.39 is 6.10 Å². The maximum Gasteiger partial charge on any atom is 0.261 e. The highest BCUT2D eigenvalue weighted by atomic mass is 79.9. The number of nitrogens with one attached hydrogen (secondary N) is 1. The van der Waals surface area contributed by atoms with Gasteiger partial charge in [0, 0.05) is 4.47 Å². The van der Waals surface area contributed by atoms with Gasteiger partial charge in [-0.3, -0.25) is 4.79 Å². The van der Waals surface area contributed by atoms with E-state index in [0.29, 0.717) is 5.75 Å². The molecule has 0 aromatic heterocycles. The summed E-state index contributed by atoms with van der Waals surface area (Å²) in [4.78, 5) is 12.5. The van der Waals surface area contributed by atoms with Crippen LogP contribution in [0.1, 0.15) is 36.9 Å². The topological polar surface area (TPSA) is 38.3 Å². The summed E-state index contributed by atoms with van der Waals surface area (Å²) in [5, 5.41) is 3.13. The largest absolute Gasteiger partial charge is 0.481 e. The van der Waals surface area contributed by atoms with Crippen LogP contribution in [0.5, 0.6) is 5.75 Å². The predicted molar refractivity (Wildman–Crippen MR) is 94.5 cm³/mol. The van der Waals surface area contributed by atoms with Crippen LogP contribution in [-0.2, 0) is 11.2 Å². The van der Waals surface area contributed by atoms with Gasteiger partial charge in [-0.25, -0.2) is 0 Å². The van der Waals surface area contributed by atoms with Crippen molar-refractivity contribution in [2.24, 2.45) is 0 Å². The number of fused-ring (bicyclic) bond motifs is 1. The zero-order valence-corrected chi connectivity index (χ0v) is 14.7. The summed E-state index contributed by atoms with van der Waals surface area (Å²) in [5.74, 6) is 0.609. The summed E-state index contributed by atoms with van der Waals surface area (Å²) in [6.07, 6.45) is 2.64. The van der Waals surface area contributed by atoms with Crippen LogP contribution in [0.25, 0.3) is 0 Å². The summed E-state index contributed by atoms with van der Waals surface area (Å²) in [6.45, 7) is 1.78. The highest BCUT2D eigenvalue weighted by Gasteiger charge is 2.24. The molecule has 2 aromatic carbocycles. The molecule has 1 aliphatic carbocycles. The standard InChI is InChI=1S/C19H20BrNO2/c1-13(23-16-9-5-8-15(20)12-16)19(22)21-18-11-4-7-14-6-2-3-10-17(14)18/h2-3,5-6,8-10,12-13,18H,4,7,11H2,1H3,(H,21,22). The minimum Gasteiger partial charge on any atom is -0.481 e. The van der Waals surface area contributed by atoms with Gasteiger partial charge in [0.25, 0.3) is 5.91 Å². The van der Waals surface area contributed by atoms with Crippen molar-refractivity contribution in [2.45, 2.75) is 38.3 Å². The molecule has 0 saturated carbocycles. The Morgan fingerprint density at radius 2 is 2.09 bits per heavy atom. The molecule has 0 radical (unpaired) electrons. The molecule has 2 aromatic rings. The fraction of sp³-hybridized carbons (Fsp3) is 0.316. The third-order valence-electron chi connectivity index (χ3n) is 4.16. The van der Waals surface area contributed by atoms with Gasteiger partial charge in [0.2, 0.25) is 0 Å². The van der Waals surface area contributed by atoms with Gasteiger partial charge in [0.15, 0.2) is 6.10 Å². The molecule has 4 heteroatoms. The van der Waals surface area contributed by atoms with E-state index in [1.54, 1.807) is 6.92 Å². The molecule has 2 unspecified atom stereocenters. The monoisotopic (exact) mass is 373 g/mol. The van der Waals surface area contributed by atoms with Gasteiger partial charge in [-0.1, -0.05) is 46.3 Å². The van der Waals surface area contributed by atoms with Gasteiger partial charge in [0.05, 0.1) is 6.04 Å². The summed E-state index contributed by atoms with van der Waals surface area (Å²) in [7, 11) is 0. The van der Waals surface area contributed by atoms with E-state index in [1.165, 1.54) is 11.1 Å². The van der Waals surface area contributed by atoms with Gasteiger partial charge in [-0.15, -0.1) is 0 Å². The fourth-order valence-corrected chi connectivity index (χ4v) is 3.37. The molecule has 1 amide bonds. The second kappa shape index (κ2) is 7.18. The highest BCUT2D eigenvalue weighted by molar-refractivity contribution is 9.10. The van der Waals surface area contributed by atoms with Crippen molar-refractivity contribution >= 4 is 21.8 Å². The second-order valence-electron chi connectivity index (χ2n) is 5.87. The number of carbonyl (C=O) groups excluding carboxylic acids is 1. The molecule has 0 saturated heterocycles. The third kappa shape index (κ3) is 3.94. The van der Waals surface area contributed by atoms with Crippen molar-refractivity contribution in [1.29, 1.82) is 0 Å². The smallest absolute Gasteiger partial charge is 0.261 e. The molecule has 1 N–H and O–H groups in total. The van der Waals surface area contributed by atoms with Crippen LogP contribution < -0.4 is 10.1 Å². The van der Waals surface area contributed by atoms with Gasteiger partial charge in [0.1, 0.15) is 5.75 Å². The zero-order valence-electron chi connectivity index (χ0n) is 13.1. The van der Waals surface area contributed by atoms with Gasteiger partial charge in [-0.2, -0.15) is 0 Å². The average molecular weight is 374 g/mol. The summed E-state index contributed by atoms with van der Waals surface area (Å²) >= 11 is 3.41. The Hall–Kier alpha value is -1.81. The lowest BCUT2D eigenvalue weighted by molar-refractivity contribution is -0.128. The lowest BCUT2D eigenvalue weighted by Crippen LogP contribution is -2.39. The minimum atomic E-state index is -0.529. The quantitative estimate of drug-likeness (QED) is 0.861. The molecule has 0 bridgehead atoms. The SMILES string of the molecule is CC(Oc1cccc(Br)c1)C(=O)NC1CCCc2ccccc21. The van der Waals surface area contributed by atoms with Crippen LogP contribution in [0, 0.1) is 0 Å². The van der Waals surface area contributed by atoms with Crippen LogP contribution in [-0.4, -0.2) is 12.0 Å². The van der Waals surface area contributed by atoms with Crippen LogP contribution in [0.2, 0.25) is 0 Å². The Morgan fingerprint density at radius 1 is 1.26 bits per heavy atom. The van der Waals surface area contributed by atoms with Crippen LogP contribution in [0.3, 0.4) is 0 Å². The van der Waals surface area contributed by atoms with E-state index >= 15 is 0 Å². The van der Waals surface area contributed by atoms with Crippen LogP contribution in [0.4, 0.5) is 0 Å². The van der Waals surface area contributed by atoms with Gasteiger partial charge >= 0.3 is 0 Å². The van der Waals surface area contributed by atoms with E-state index in [2.05, 4.69) is 39.4 Å². The third-order valence-corrected chi connectivity index (χ3v) is 4.66. The Balaban J connectivity index is 1.65. The highest BCUT2D eigenvalue weighted by Crippen LogP contribution is 2.29. The number of ether oxygens (including phenoxy) is 1. The minimum absolute atomic E-state index is 0.0771. The first kappa shape index (κ1) is 16.1.